The molecule has 0 aliphatic carbocycles. The number of rotatable bonds is 14. The van der Waals surface area contributed by atoms with Gasteiger partial charge in [0.25, 0.3) is 11.8 Å². The van der Waals surface area contributed by atoms with Crippen LogP contribution in [-0.2, 0) is 6.54 Å². The van der Waals surface area contributed by atoms with Crippen LogP contribution in [0.2, 0.25) is 0 Å². The molecule has 44 heavy (non-hydrogen) atoms. The van der Waals surface area contributed by atoms with Crippen molar-refractivity contribution in [2.45, 2.75) is 19.4 Å². The topological polar surface area (TPSA) is 94.8 Å². The maximum atomic E-state index is 13.5. The first-order valence-electron chi connectivity index (χ1n) is 14.8. The third kappa shape index (κ3) is 8.95. The largest absolute Gasteiger partial charge is 0.373 e. The number of carbonyl (C=O) groups is 2. The fraction of sp³-hybridized carbons (Fsp3) is 0.286. The van der Waals surface area contributed by atoms with Crippen molar-refractivity contribution < 1.29 is 14.0 Å². The molecular weight excluding hydrogens is 555 g/mol. The highest BCUT2D eigenvalue weighted by Crippen LogP contribution is 2.32. The van der Waals surface area contributed by atoms with Crippen LogP contribution in [0.15, 0.2) is 91.3 Å². The monoisotopic (exact) mass is 596 g/mol. The second kappa shape index (κ2) is 15.7. The zero-order valence-electron chi connectivity index (χ0n) is 25.7. The highest BCUT2D eigenvalue weighted by molar-refractivity contribution is 6.06. The number of aromatic nitrogens is 1. The van der Waals surface area contributed by atoms with Gasteiger partial charge in [0, 0.05) is 44.6 Å². The molecule has 4 aromatic rings. The van der Waals surface area contributed by atoms with Crippen molar-refractivity contribution in [3.8, 4) is 11.1 Å². The summed E-state index contributed by atoms with van der Waals surface area (Å²) in [7, 11) is 6.10. The summed E-state index contributed by atoms with van der Waals surface area (Å²) in [6, 6.07) is 23.1. The Bertz CT molecular complexity index is 1530. The van der Waals surface area contributed by atoms with Crippen molar-refractivity contribution in [1.29, 1.82) is 0 Å². The van der Waals surface area contributed by atoms with Gasteiger partial charge in [-0.2, -0.15) is 0 Å². The lowest BCUT2D eigenvalue weighted by Crippen LogP contribution is -2.32. The first kappa shape index (κ1) is 32.3. The number of nitrogens with one attached hydrogen (secondary N) is 1. The number of nitrogens with two attached hydrogens (primary N) is 1. The number of carbonyl (C=O) groups excluding carboxylic acids is 2. The van der Waals surface area contributed by atoms with E-state index in [1.807, 2.05) is 57.5 Å². The quantitative estimate of drug-likeness (QED) is 0.199. The van der Waals surface area contributed by atoms with Crippen LogP contribution >= 0.6 is 0 Å². The second-order valence-corrected chi connectivity index (χ2v) is 11.1. The van der Waals surface area contributed by atoms with Gasteiger partial charge in [-0.25, -0.2) is 4.39 Å². The first-order chi connectivity index (χ1) is 21.2. The Morgan fingerprint density at radius 2 is 1.61 bits per heavy atom. The summed E-state index contributed by atoms with van der Waals surface area (Å²) in [6.45, 7) is 3.18. The average molecular weight is 597 g/mol. The van der Waals surface area contributed by atoms with Crippen molar-refractivity contribution in [3.05, 3.63) is 114 Å². The Labute approximate surface area is 259 Å². The molecule has 0 spiro atoms. The van der Waals surface area contributed by atoms with Crippen molar-refractivity contribution in [3.63, 3.8) is 0 Å². The number of hydrogen-bond acceptors (Lipinski definition) is 6. The molecule has 0 fully saturated rings. The molecule has 8 nitrogen and oxygen atoms in total. The Hall–Kier alpha value is -4.60. The molecule has 0 aliphatic rings. The van der Waals surface area contributed by atoms with E-state index in [0.29, 0.717) is 42.9 Å². The summed E-state index contributed by atoms with van der Waals surface area (Å²) < 4.78 is 13.5. The van der Waals surface area contributed by atoms with E-state index in [2.05, 4.69) is 26.2 Å². The van der Waals surface area contributed by atoms with Gasteiger partial charge < -0.3 is 25.8 Å². The molecule has 0 radical (unpaired) electrons. The maximum Gasteiger partial charge on any atom is 0.255 e. The molecule has 1 aromatic heterocycles. The molecular formula is C35H41FN6O2. The SMILES string of the molecule is CN(C)CCCN(C)c1ccc(-c2cccc(CN(CCCN)C(=O)c3cccnc3)c2)cc1NC(=O)c1ccc(F)cc1. The van der Waals surface area contributed by atoms with E-state index >= 15 is 0 Å². The van der Waals surface area contributed by atoms with Gasteiger partial charge >= 0.3 is 0 Å². The van der Waals surface area contributed by atoms with Crippen LogP contribution in [0.1, 0.15) is 39.1 Å². The number of amides is 2. The minimum absolute atomic E-state index is 0.0931. The zero-order valence-corrected chi connectivity index (χ0v) is 25.7. The molecule has 0 bridgehead atoms. The normalized spacial score (nSPS) is 11.0. The van der Waals surface area contributed by atoms with Gasteiger partial charge in [0.15, 0.2) is 0 Å². The predicted octanol–water partition coefficient (Wildman–Crippen LogP) is 5.52. The van der Waals surface area contributed by atoms with E-state index in [1.165, 1.54) is 24.3 Å². The molecule has 9 heteroatoms. The van der Waals surface area contributed by atoms with Crippen LogP contribution in [-0.4, -0.2) is 73.9 Å². The van der Waals surface area contributed by atoms with Crippen molar-refractivity contribution in [2.24, 2.45) is 5.73 Å². The third-order valence-corrected chi connectivity index (χ3v) is 7.32. The van der Waals surface area contributed by atoms with Crippen LogP contribution in [0.4, 0.5) is 15.8 Å². The maximum absolute atomic E-state index is 13.5. The van der Waals surface area contributed by atoms with Crippen LogP contribution < -0.4 is 16.0 Å². The first-order valence-corrected chi connectivity index (χ1v) is 14.8. The molecule has 0 aliphatic heterocycles. The minimum atomic E-state index is -0.395. The Morgan fingerprint density at radius 1 is 0.841 bits per heavy atom. The standard InChI is InChI=1S/C35H41FN6O2/c1-40(2)19-7-20-41(3)33-16-13-29(23-32(33)39-34(43)27-11-14-31(36)15-12-27)28-9-4-8-26(22-28)25-42(21-6-17-37)35(44)30-10-5-18-38-24-30/h4-5,8-16,18,22-24H,6-7,17,19-21,25,37H2,1-3H3,(H,39,43). The summed E-state index contributed by atoms with van der Waals surface area (Å²) in [5.74, 6) is -0.804. The molecule has 4 rings (SSSR count). The molecule has 0 unspecified atom stereocenters. The van der Waals surface area contributed by atoms with Crippen molar-refractivity contribution in [2.75, 3.05) is 57.5 Å². The van der Waals surface area contributed by atoms with Gasteiger partial charge in [-0.05, 0) is 111 Å². The second-order valence-electron chi connectivity index (χ2n) is 11.1. The van der Waals surface area contributed by atoms with Gasteiger partial charge in [0.05, 0.1) is 16.9 Å². The Kier molecular flexibility index (Phi) is 11.6. The minimum Gasteiger partial charge on any atom is -0.373 e. The molecule has 1 heterocycles. The Morgan fingerprint density at radius 3 is 2.32 bits per heavy atom. The summed E-state index contributed by atoms with van der Waals surface area (Å²) in [5.41, 5.74) is 11.1. The van der Waals surface area contributed by atoms with Crippen LogP contribution in [0, 0.1) is 5.82 Å². The van der Waals surface area contributed by atoms with E-state index in [1.54, 1.807) is 29.4 Å². The van der Waals surface area contributed by atoms with E-state index in [-0.39, 0.29) is 11.8 Å². The van der Waals surface area contributed by atoms with Crippen LogP contribution in [0.3, 0.4) is 0 Å². The molecule has 3 N–H and O–H groups in total. The van der Waals surface area contributed by atoms with Gasteiger partial charge in [-0.3, -0.25) is 14.6 Å². The highest BCUT2D eigenvalue weighted by atomic mass is 19.1. The molecule has 3 aromatic carbocycles. The van der Waals surface area contributed by atoms with E-state index in [0.717, 1.165) is 41.9 Å². The van der Waals surface area contributed by atoms with Gasteiger partial charge in [-0.15, -0.1) is 0 Å². The van der Waals surface area contributed by atoms with Crippen molar-refractivity contribution in [1.82, 2.24) is 14.8 Å². The Balaban J connectivity index is 1.62. The number of halogens is 1. The van der Waals surface area contributed by atoms with Gasteiger partial charge in [-0.1, -0.05) is 24.3 Å². The summed E-state index contributed by atoms with van der Waals surface area (Å²) in [6.07, 6.45) is 4.87. The summed E-state index contributed by atoms with van der Waals surface area (Å²) in [5, 5.41) is 3.06. The summed E-state index contributed by atoms with van der Waals surface area (Å²) >= 11 is 0. The highest BCUT2D eigenvalue weighted by Gasteiger charge is 2.18. The number of hydrogen-bond donors (Lipinski definition) is 2. The van der Waals surface area contributed by atoms with E-state index in [9.17, 15) is 14.0 Å². The molecule has 0 atom stereocenters. The average Bonchev–Trinajstić information content (AvgIpc) is 3.03. The lowest BCUT2D eigenvalue weighted by atomic mass is 10.0. The molecule has 0 saturated carbocycles. The number of anilines is 2. The van der Waals surface area contributed by atoms with Crippen LogP contribution in [0.25, 0.3) is 11.1 Å². The fourth-order valence-corrected chi connectivity index (χ4v) is 4.96. The number of benzene rings is 3. The zero-order chi connectivity index (χ0) is 31.5. The number of nitrogens with zero attached hydrogens (tertiary/aromatic N) is 4. The van der Waals surface area contributed by atoms with Crippen LogP contribution in [0.5, 0.6) is 0 Å². The van der Waals surface area contributed by atoms with E-state index in [4.69, 9.17) is 5.73 Å². The predicted molar refractivity (Wildman–Crippen MR) is 175 cm³/mol. The number of pyridine rings is 1. The fourth-order valence-electron chi connectivity index (χ4n) is 4.96. The lowest BCUT2D eigenvalue weighted by molar-refractivity contribution is 0.0741. The lowest BCUT2D eigenvalue weighted by Gasteiger charge is -2.25. The molecule has 0 saturated heterocycles. The molecule has 2 amide bonds. The third-order valence-electron chi connectivity index (χ3n) is 7.32. The van der Waals surface area contributed by atoms with Gasteiger partial charge in [0.2, 0.25) is 0 Å². The summed E-state index contributed by atoms with van der Waals surface area (Å²) in [4.78, 5) is 36.6. The van der Waals surface area contributed by atoms with E-state index < -0.39 is 5.82 Å². The van der Waals surface area contributed by atoms with Crippen molar-refractivity contribution >= 4 is 23.2 Å². The van der Waals surface area contributed by atoms with Gasteiger partial charge in [0.1, 0.15) is 5.82 Å². The molecule has 230 valence electrons. The smallest absolute Gasteiger partial charge is 0.255 e.